The van der Waals surface area contributed by atoms with Gasteiger partial charge in [0.05, 0.1) is 5.56 Å². The van der Waals surface area contributed by atoms with Crippen LogP contribution < -0.4 is 16.4 Å². The molecule has 108 valence electrons. The van der Waals surface area contributed by atoms with Crippen LogP contribution in [0.25, 0.3) is 10.8 Å². The highest BCUT2D eigenvalue weighted by Gasteiger charge is 2.21. The number of carbonyl (C=O) groups is 2. The van der Waals surface area contributed by atoms with Gasteiger partial charge in [0.1, 0.15) is 0 Å². The van der Waals surface area contributed by atoms with Gasteiger partial charge in [-0.15, -0.1) is 0 Å². The minimum absolute atomic E-state index is 0.0168. The van der Waals surface area contributed by atoms with Crippen LogP contribution in [0.5, 0.6) is 0 Å². The van der Waals surface area contributed by atoms with Crippen LogP contribution in [0.4, 0.5) is 5.69 Å². The lowest BCUT2D eigenvalue weighted by Gasteiger charge is -2.13. The number of fused-ring (bicyclic) bond motifs is 1. The highest BCUT2D eigenvalue weighted by molar-refractivity contribution is 6.03. The summed E-state index contributed by atoms with van der Waals surface area (Å²) < 4.78 is 0. The van der Waals surface area contributed by atoms with Crippen LogP contribution >= 0.6 is 0 Å². The van der Waals surface area contributed by atoms with Crippen molar-refractivity contribution < 1.29 is 9.59 Å². The van der Waals surface area contributed by atoms with Gasteiger partial charge < -0.3 is 16.4 Å². The van der Waals surface area contributed by atoms with Crippen LogP contribution in [0.2, 0.25) is 0 Å². The Balaban J connectivity index is 1.74. The van der Waals surface area contributed by atoms with Crippen molar-refractivity contribution in [3.8, 4) is 0 Å². The fourth-order valence-electron chi connectivity index (χ4n) is 2.60. The van der Waals surface area contributed by atoms with Crippen molar-refractivity contribution >= 4 is 28.3 Å². The summed E-state index contributed by atoms with van der Waals surface area (Å²) in [4.78, 5) is 23.4. The van der Waals surface area contributed by atoms with Crippen LogP contribution in [0.3, 0.4) is 0 Å². The fraction of sp³-hybridized carbons (Fsp3) is 0.250. The van der Waals surface area contributed by atoms with Gasteiger partial charge in [0.15, 0.2) is 0 Å². The number of nitrogens with one attached hydrogen (secondary N) is 2. The van der Waals surface area contributed by atoms with Crippen LogP contribution in [0, 0.1) is 0 Å². The molecule has 0 spiro atoms. The molecule has 1 unspecified atom stereocenters. The summed E-state index contributed by atoms with van der Waals surface area (Å²) in [7, 11) is 0. The molecule has 2 aromatic rings. The molecule has 5 heteroatoms. The molecule has 1 aliphatic heterocycles. The van der Waals surface area contributed by atoms with Crippen molar-refractivity contribution in [1.82, 2.24) is 10.6 Å². The molecule has 0 bridgehead atoms. The van der Waals surface area contributed by atoms with E-state index in [0.717, 1.165) is 17.2 Å². The van der Waals surface area contributed by atoms with Crippen molar-refractivity contribution in [2.24, 2.45) is 0 Å². The molecule has 2 aromatic carbocycles. The molecule has 3 rings (SSSR count). The second kappa shape index (κ2) is 5.44. The number of hydrogen-bond donors (Lipinski definition) is 3. The number of benzene rings is 2. The van der Waals surface area contributed by atoms with E-state index in [-0.39, 0.29) is 17.9 Å². The second-order valence-corrected chi connectivity index (χ2v) is 5.30. The van der Waals surface area contributed by atoms with E-state index in [1.165, 1.54) is 0 Å². The molecule has 1 atom stereocenters. The van der Waals surface area contributed by atoms with Crippen molar-refractivity contribution in [3.05, 3.63) is 42.0 Å². The Bertz CT molecular complexity index is 712. The summed E-state index contributed by atoms with van der Waals surface area (Å²) in [6, 6.07) is 11.4. The Kier molecular flexibility index (Phi) is 3.48. The van der Waals surface area contributed by atoms with Crippen molar-refractivity contribution in [3.63, 3.8) is 0 Å². The topological polar surface area (TPSA) is 84.2 Å². The average molecular weight is 283 g/mol. The maximum absolute atomic E-state index is 12.2. The van der Waals surface area contributed by atoms with Crippen LogP contribution in [0.1, 0.15) is 23.2 Å². The van der Waals surface area contributed by atoms with E-state index in [2.05, 4.69) is 10.6 Å². The maximum atomic E-state index is 12.2. The monoisotopic (exact) mass is 283 g/mol. The molecule has 1 heterocycles. The first-order valence-electron chi connectivity index (χ1n) is 6.99. The first kappa shape index (κ1) is 13.4. The first-order valence-corrected chi connectivity index (χ1v) is 6.99. The second-order valence-electron chi connectivity index (χ2n) is 5.30. The number of nitrogens with two attached hydrogens (primary N) is 1. The highest BCUT2D eigenvalue weighted by Crippen LogP contribution is 2.21. The zero-order valence-electron chi connectivity index (χ0n) is 11.6. The lowest BCUT2D eigenvalue weighted by atomic mass is 10.0. The Morgan fingerprint density at radius 3 is 2.67 bits per heavy atom. The summed E-state index contributed by atoms with van der Waals surface area (Å²) in [5.74, 6) is -0.168. The number of carbonyl (C=O) groups excluding carboxylic acids is 2. The minimum Gasteiger partial charge on any atom is -0.398 e. The van der Waals surface area contributed by atoms with Crippen molar-refractivity contribution in [1.29, 1.82) is 0 Å². The lowest BCUT2D eigenvalue weighted by Crippen LogP contribution is -2.38. The molecular formula is C16H17N3O2. The summed E-state index contributed by atoms with van der Waals surface area (Å²) in [5.41, 5.74) is 6.89. The van der Waals surface area contributed by atoms with E-state index in [1.54, 1.807) is 6.07 Å². The summed E-state index contributed by atoms with van der Waals surface area (Å²) >= 11 is 0. The van der Waals surface area contributed by atoms with Gasteiger partial charge >= 0.3 is 0 Å². The summed E-state index contributed by atoms with van der Waals surface area (Å²) in [6.07, 6.45) is 1.28. The molecule has 5 nitrogen and oxygen atoms in total. The zero-order chi connectivity index (χ0) is 14.8. The van der Waals surface area contributed by atoms with Gasteiger partial charge in [-0.2, -0.15) is 0 Å². The predicted octanol–water partition coefficient (Wildman–Crippen LogP) is 1.43. The van der Waals surface area contributed by atoms with E-state index in [9.17, 15) is 9.59 Å². The molecule has 0 aliphatic carbocycles. The van der Waals surface area contributed by atoms with Crippen molar-refractivity contribution in [2.45, 2.75) is 18.9 Å². The van der Waals surface area contributed by atoms with Gasteiger partial charge in [0.25, 0.3) is 5.91 Å². The molecule has 0 saturated carbocycles. The Labute approximate surface area is 122 Å². The normalized spacial score (nSPS) is 17.7. The average Bonchev–Trinajstić information content (AvgIpc) is 2.89. The predicted molar refractivity (Wildman–Crippen MR) is 81.9 cm³/mol. The van der Waals surface area contributed by atoms with Gasteiger partial charge in [-0.3, -0.25) is 9.59 Å². The fourth-order valence-corrected chi connectivity index (χ4v) is 2.60. The number of rotatable bonds is 3. The smallest absolute Gasteiger partial charge is 0.253 e. The quantitative estimate of drug-likeness (QED) is 0.745. The molecule has 1 saturated heterocycles. The number of hydrogen-bond acceptors (Lipinski definition) is 3. The third kappa shape index (κ3) is 2.81. The lowest BCUT2D eigenvalue weighted by molar-refractivity contribution is -0.119. The van der Waals surface area contributed by atoms with E-state index < -0.39 is 0 Å². The maximum Gasteiger partial charge on any atom is 0.253 e. The van der Waals surface area contributed by atoms with Crippen LogP contribution in [0.15, 0.2) is 36.4 Å². The molecule has 1 fully saturated rings. The third-order valence-electron chi connectivity index (χ3n) is 3.76. The standard InChI is InChI=1S/C16H17N3O2/c17-14-8-11-4-2-1-3-10(11)7-13(14)16(21)18-9-12-5-6-15(20)19-12/h1-4,7-8,12H,5-6,9,17H2,(H,18,21)(H,19,20). The zero-order valence-corrected chi connectivity index (χ0v) is 11.6. The Morgan fingerprint density at radius 1 is 1.29 bits per heavy atom. The summed E-state index contributed by atoms with van der Waals surface area (Å²) in [5, 5.41) is 7.64. The number of amides is 2. The SMILES string of the molecule is Nc1cc2ccccc2cc1C(=O)NCC1CCC(=O)N1. The van der Waals surface area contributed by atoms with Crippen LogP contribution in [-0.2, 0) is 4.79 Å². The molecule has 0 aromatic heterocycles. The molecular weight excluding hydrogens is 266 g/mol. The molecule has 21 heavy (non-hydrogen) atoms. The van der Waals surface area contributed by atoms with E-state index in [0.29, 0.717) is 24.2 Å². The molecule has 4 N–H and O–H groups in total. The molecule has 1 aliphatic rings. The van der Waals surface area contributed by atoms with E-state index >= 15 is 0 Å². The molecule has 0 radical (unpaired) electrons. The van der Waals surface area contributed by atoms with E-state index in [4.69, 9.17) is 5.73 Å². The minimum atomic E-state index is -0.209. The van der Waals surface area contributed by atoms with Gasteiger partial charge in [-0.1, -0.05) is 24.3 Å². The van der Waals surface area contributed by atoms with E-state index in [1.807, 2.05) is 30.3 Å². The number of anilines is 1. The highest BCUT2D eigenvalue weighted by atomic mass is 16.2. The Hall–Kier alpha value is -2.56. The van der Waals surface area contributed by atoms with Crippen molar-refractivity contribution in [2.75, 3.05) is 12.3 Å². The molecule has 2 amide bonds. The Morgan fingerprint density at radius 2 is 2.00 bits per heavy atom. The third-order valence-corrected chi connectivity index (χ3v) is 3.76. The van der Waals surface area contributed by atoms with Gasteiger partial charge in [-0.25, -0.2) is 0 Å². The van der Waals surface area contributed by atoms with Gasteiger partial charge in [0.2, 0.25) is 5.91 Å². The summed E-state index contributed by atoms with van der Waals surface area (Å²) in [6.45, 7) is 0.427. The van der Waals surface area contributed by atoms with Gasteiger partial charge in [-0.05, 0) is 29.3 Å². The largest absolute Gasteiger partial charge is 0.398 e. The number of nitrogen functional groups attached to an aromatic ring is 1. The van der Waals surface area contributed by atoms with Gasteiger partial charge in [0, 0.05) is 24.7 Å². The van der Waals surface area contributed by atoms with Crippen LogP contribution in [-0.4, -0.2) is 24.4 Å². The first-order chi connectivity index (χ1) is 10.1.